The van der Waals surface area contributed by atoms with Crippen LogP contribution < -0.4 is 15.4 Å². The van der Waals surface area contributed by atoms with Gasteiger partial charge in [0.05, 0.1) is 6.61 Å². The van der Waals surface area contributed by atoms with Gasteiger partial charge in [-0.1, -0.05) is 12.1 Å². The van der Waals surface area contributed by atoms with Crippen LogP contribution in [0.3, 0.4) is 0 Å². The lowest BCUT2D eigenvalue weighted by Gasteiger charge is -2.07. The smallest absolute Gasteiger partial charge is 0.123 e. The first-order chi connectivity index (χ1) is 9.29. The second-order valence-electron chi connectivity index (χ2n) is 4.99. The Bertz CT molecular complexity index is 396. The number of rotatable bonds is 8. The first-order valence-electron chi connectivity index (χ1n) is 6.98. The zero-order chi connectivity index (χ0) is 13.5. The number of fused-ring (bicyclic) bond motifs is 1. The van der Waals surface area contributed by atoms with E-state index in [1.54, 1.807) is 7.11 Å². The zero-order valence-corrected chi connectivity index (χ0v) is 11.9. The minimum atomic E-state index is 0.322. The van der Waals surface area contributed by atoms with Crippen LogP contribution in [0.15, 0.2) is 18.2 Å². The van der Waals surface area contributed by atoms with E-state index in [0.29, 0.717) is 6.10 Å². The lowest BCUT2D eigenvalue weighted by atomic mass is 10.1. The number of hydrogen-bond acceptors (Lipinski definition) is 4. The van der Waals surface area contributed by atoms with Crippen molar-refractivity contribution >= 4 is 0 Å². The summed E-state index contributed by atoms with van der Waals surface area (Å²) in [5.74, 6) is 1.05. The van der Waals surface area contributed by atoms with Gasteiger partial charge in [0.15, 0.2) is 0 Å². The van der Waals surface area contributed by atoms with Gasteiger partial charge in [0.2, 0.25) is 0 Å². The van der Waals surface area contributed by atoms with E-state index in [9.17, 15) is 0 Å². The van der Waals surface area contributed by atoms with Crippen molar-refractivity contribution in [3.05, 3.63) is 29.3 Å². The van der Waals surface area contributed by atoms with Crippen molar-refractivity contribution in [3.8, 4) is 5.75 Å². The molecule has 0 radical (unpaired) electrons. The van der Waals surface area contributed by atoms with Gasteiger partial charge in [-0.15, -0.1) is 0 Å². The number of nitrogens with one attached hydrogen (secondary N) is 2. The highest BCUT2D eigenvalue weighted by molar-refractivity contribution is 5.40. The molecule has 0 bridgehead atoms. The molecule has 1 aliphatic rings. The summed E-state index contributed by atoms with van der Waals surface area (Å²) >= 11 is 0. The maximum atomic E-state index is 5.70. The maximum absolute atomic E-state index is 5.70. The first-order valence-corrected chi connectivity index (χ1v) is 6.98. The van der Waals surface area contributed by atoms with E-state index in [1.165, 1.54) is 11.1 Å². The van der Waals surface area contributed by atoms with E-state index < -0.39 is 0 Å². The van der Waals surface area contributed by atoms with Crippen LogP contribution in [0.25, 0.3) is 0 Å². The summed E-state index contributed by atoms with van der Waals surface area (Å²) in [6, 6.07) is 6.49. The molecule has 0 spiro atoms. The van der Waals surface area contributed by atoms with Crippen molar-refractivity contribution < 1.29 is 9.47 Å². The van der Waals surface area contributed by atoms with Crippen LogP contribution in [0.2, 0.25) is 0 Å². The van der Waals surface area contributed by atoms with Gasteiger partial charge in [0, 0.05) is 39.7 Å². The van der Waals surface area contributed by atoms with Gasteiger partial charge >= 0.3 is 0 Å². The second kappa shape index (κ2) is 7.48. The van der Waals surface area contributed by atoms with Gasteiger partial charge in [-0.05, 0) is 24.1 Å². The standard InChI is InChI=1S/C15H24N2O2/c1-12-9-14-10-13(3-4-15(14)19-12)11-17-6-5-16-7-8-18-2/h3-4,10,12,16-17H,5-9,11H2,1-2H3. The van der Waals surface area contributed by atoms with Gasteiger partial charge in [0.25, 0.3) is 0 Å². The van der Waals surface area contributed by atoms with Gasteiger partial charge in [-0.3, -0.25) is 0 Å². The highest BCUT2D eigenvalue weighted by Crippen LogP contribution is 2.29. The molecular formula is C15H24N2O2. The number of hydrogen-bond donors (Lipinski definition) is 2. The normalized spacial score (nSPS) is 17.3. The topological polar surface area (TPSA) is 42.5 Å². The zero-order valence-electron chi connectivity index (χ0n) is 11.9. The van der Waals surface area contributed by atoms with Gasteiger partial charge < -0.3 is 20.1 Å². The van der Waals surface area contributed by atoms with Gasteiger partial charge in [-0.25, -0.2) is 0 Å². The highest BCUT2D eigenvalue weighted by atomic mass is 16.5. The SMILES string of the molecule is COCCNCCNCc1ccc2c(c1)CC(C)O2. The molecule has 19 heavy (non-hydrogen) atoms. The molecule has 2 N–H and O–H groups in total. The minimum absolute atomic E-state index is 0.322. The quantitative estimate of drug-likeness (QED) is 0.695. The average Bonchev–Trinajstić information content (AvgIpc) is 2.77. The third-order valence-electron chi connectivity index (χ3n) is 3.25. The van der Waals surface area contributed by atoms with Crippen molar-refractivity contribution in [2.45, 2.75) is 26.0 Å². The fourth-order valence-corrected chi connectivity index (χ4v) is 2.29. The Balaban J connectivity index is 1.65. The molecule has 0 amide bonds. The van der Waals surface area contributed by atoms with Crippen LogP contribution in [0.4, 0.5) is 0 Å². The lowest BCUT2D eigenvalue weighted by Crippen LogP contribution is -2.29. The molecule has 0 saturated carbocycles. The summed E-state index contributed by atoms with van der Waals surface area (Å²) in [5.41, 5.74) is 2.67. The van der Waals surface area contributed by atoms with Crippen LogP contribution in [-0.2, 0) is 17.7 Å². The van der Waals surface area contributed by atoms with Crippen molar-refractivity contribution in [3.63, 3.8) is 0 Å². The van der Waals surface area contributed by atoms with Crippen LogP contribution in [0.5, 0.6) is 5.75 Å². The Morgan fingerprint density at radius 2 is 2.11 bits per heavy atom. The molecule has 0 fully saturated rings. The van der Waals surface area contributed by atoms with Gasteiger partial charge in [-0.2, -0.15) is 0 Å². The van der Waals surface area contributed by atoms with Crippen molar-refractivity contribution in [1.82, 2.24) is 10.6 Å². The number of benzene rings is 1. The predicted molar refractivity (Wildman–Crippen MR) is 76.7 cm³/mol. The van der Waals surface area contributed by atoms with Crippen molar-refractivity contribution in [2.24, 2.45) is 0 Å². The summed E-state index contributed by atoms with van der Waals surface area (Å²) in [4.78, 5) is 0. The Morgan fingerprint density at radius 3 is 2.95 bits per heavy atom. The molecule has 1 heterocycles. The molecule has 106 valence electrons. The average molecular weight is 264 g/mol. The molecule has 1 atom stereocenters. The minimum Gasteiger partial charge on any atom is -0.490 e. The van der Waals surface area contributed by atoms with E-state index in [4.69, 9.17) is 9.47 Å². The summed E-state index contributed by atoms with van der Waals surface area (Å²) in [6.07, 6.45) is 1.35. The molecule has 0 aromatic heterocycles. The fraction of sp³-hybridized carbons (Fsp3) is 0.600. The second-order valence-corrected chi connectivity index (χ2v) is 4.99. The number of ether oxygens (including phenoxy) is 2. The lowest BCUT2D eigenvalue weighted by molar-refractivity contribution is 0.199. The Hall–Kier alpha value is -1.10. The fourth-order valence-electron chi connectivity index (χ4n) is 2.29. The molecule has 1 aromatic carbocycles. The molecular weight excluding hydrogens is 240 g/mol. The molecule has 1 aromatic rings. The van der Waals surface area contributed by atoms with Crippen molar-refractivity contribution in [1.29, 1.82) is 0 Å². The van der Waals surface area contributed by atoms with E-state index >= 15 is 0 Å². The molecule has 4 nitrogen and oxygen atoms in total. The summed E-state index contributed by atoms with van der Waals surface area (Å²) in [6.45, 7) is 6.63. The van der Waals surface area contributed by atoms with Crippen LogP contribution in [0.1, 0.15) is 18.1 Å². The third kappa shape index (κ3) is 4.49. The summed E-state index contributed by atoms with van der Waals surface area (Å²) in [7, 11) is 1.72. The highest BCUT2D eigenvalue weighted by Gasteiger charge is 2.18. The Kier molecular flexibility index (Phi) is 5.63. The molecule has 1 aliphatic heterocycles. The molecule has 0 aliphatic carbocycles. The summed E-state index contributed by atoms with van der Waals surface area (Å²) in [5, 5.41) is 6.75. The first kappa shape index (κ1) is 14.3. The van der Waals surface area contributed by atoms with E-state index in [2.05, 4.69) is 35.8 Å². The van der Waals surface area contributed by atoms with E-state index in [0.717, 1.165) is 45.0 Å². The van der Waals surface area contributed by atoms with Crippen LogP contribution >= 0.6 is 0 Å². The molecule has 0 saturated heterocycles. The Morgan fingerprint density at radius 1 is 1.26 bits per heavy atom. The maximum Gasteiger partial charge on any atom is 0.123 e. The monoisotopic (exact) mass is 264 g/mol. The molecule has 4 heteroatoms. The van der Waals surface area contributed by atoms with Crippen LogP contribution in [0, 0.1) is 0 Å². The summed E-state index contributed by atoms with van der Waals surface area (Å²) < 4.78 is 10.7. The van der Waals surface area contributed by atoms with Crippen LogP contribution in [-0.4, -0.2) is 39.5 Å². The van der Waals surface area contributed by atoms with Crippen molar-refractivity contribution in [2.75, 3.05) is 33.4 Å². The predicted octanol–water partition coefficient (Wildman–Crippen LogP) is 1.34. The third-order valence-corrected chi connectivity index (χ3v) is 3.25. The molecule has 2 rings (SSSR count). The van der Waals surface area contributed by atoms with E-state index in [-0.39, 0.29) is 0 Å². The number of methoxy groups -OCH3 is 1. The largest absolute Gasteiger partial charge is 0.490 e. The van der Waals surface area contributed by atoms with Gasteiger partial charge in [0.1, 0.15) is 11.9 Å². The van der Waals surface area contributed by atoms with E-state index in [1.807, 2.05) is 0 Å². The Labute approximate surface area is 115 Å². The molecule has 1 unspecified atom stereocenters.